The maximum atomic E-state index is 13.6. The normalized spacial score (nSPS) is 10.2. The molecule has 0 bridgehead atoms. The highest BCUT2D eigenvalue weighted by Crippen LogP contribution is 2.36. The summed E-state index contributed by atoms with van der Waals surface area (Å²) in [6.45, 7) is 1.24. The van der Waals surface area contributed by atoms with Gasteiger partial charge in [-0.2, -0.15) is 0 Å². The fraction of sp³-hybridized carbons (Fsp3) is 0.176. The van der Waals surface area contributed by atoms with E-state index in [1.54, 1.807) is 19.1 Å². The zero-order valence-electron chi connectivity index (χ0n) is 13.6. The summed E-state index contributed by atoms with van der Waals surface area (Å²) in [6, 6.07) is 7.09. The molecular weight excluding hydrogens is 351 g/mol. The Bertz CT molecular complexity index is 827. The Labute approximate surface area is 148 Å². The minimum Gasteiger partial charge on any atom is -0.493 e. The van der Waals surface area contributed by atoms with Crippen molar-refractivity contribution in [3.63, 3.8) is 0 Å². The highest BCUT2D eigenvalue weighted by Gasteiger charge is 2.17. The molecule has 0 heterocycles. The van der Waals surface area contributed by atoms with Gasteiger partial charge in [0.05, 0.1) is 12.1 Å². The van der Waals surface area contributed by atoms with Crippen LogP contribution in [0.25, 0.3) is 0 Å². The third kappa shape index (κ3) is 4.60. The molecule has 0 aliphatic heterocycles. The maximum absolute atomic E-state index is 13.6. The van der Waals surface area contributed by atoms with Crippen LogP contribution in [0.3, 0.4) is 0 Å². The minimum absolute atomic E-state index is 0.0702. The lowest BCUT2D eigenvalue weighted by Crippen LogP contribution is -2.20. The largest absolute Gasteiger partial charge is 0.493 e. The molecule has 0 aromatic heterocycles. The van der Waals surface area contributed by atoms with Crippen LogP contribution in [0.15, 0.2) is 30.3 Å². The number of hydrogen-bond acceptors (Lipinski definition) is 4. The Hall–Kier alpha value is -2.80. The van der Waals surface area contributed by atoms with Crippen molar-refractivity contribution in [2.45, 2.75) is 6.92 Å². The molecule has 132 valence electrons. The molecule has 0 saturated heterocycles. The smallest absolute Gasteiger partial charge is 0.255 e. The lowest BCUT2D eigenvalue weighted by molar-refractivity contribution is -0.119. The van der Waals surface area contributed by atoms with Crippen molar-refractivity contribution >= 4 is 29.1 Å². The average molecular weight is 367 g/mol. The fourth-order valence-electron chi connectivity index (χ4n) is 2.01. The number of hydrogen-bond donors (Lipinski definition) is 2. The molecule has 0 aliphatic carbocycles. The van der Waals surface area contributed by atoms with Crippen LogP contribution in [0, 0.1) is 12.7 Å². The second-order valence-electron chi connectivity index (χ2n) is 5.16. The van der Waals surface area contributed by atoms with E-state index in [0.717, 1.165) is 0 Å². The number of aryl methyl sites for hydroxylation is 1. The van der Waals surface area contributed by atoms with Crippen molar-refractivity contribution in [2.24, 2.45) is 5.73 Å². The van der Waals surface area contributed by atoms with Crippen molar-refractivity contribution < 1.29 is 23.5 Å². The Balaban J connectivity index is 2.26. The molecule has 2 amide bonds. The Morgan fingerprint density at radius 1 is 1.28 bits per heavy atom. The Morgan fingerprint density at radius 2 is 2.00 bits per heavy atom. The number of carbonyl (C=O) groups excluding carboxylic acids is 2. The number of benzene rings is 2. The lowest BCUT2D eigenvalue weighted by atomic mass is 10.1. The number of carbonyl (C=O) groups is 2. The number of methoxy groups -OCH3 is 1. The SMILES string of the molecule is COc1cc(C(=O)Nc2ccc(C)c(F)c2)cc(Cl)c1OCC(N)=O. The number of amides is 2. The summed E-state index contributed by atoms with van der Waals surface area (Å²) in [5.74, 6) is -1.36. The van der Waals surface area contributed by atoms with E-state index >= 15 is 0 Å². The molecule has 0 atom stereocenters. The molecule has 0 fully saturated rings. The number of halogens is 2. The summed E-state index contributed by atoms with van der Waals surface area (Å²) >= 11 is 6.09. The molecule has 25 heavy (non-hydrogen) atoms. The topological polar surface area (TPSA) is 90.7 Å². The number of primary amides is 1. The number of nitrogens with one attached hydrogen (secondary N) is 1. The van der Waals surface area contributed by atoms with Gasteiger partial charge >= 0.3 is 0 Å². The van der Waals surface area contributed by atoms with E-state index in [0.29, 0.717) is 11.3 Å². The first-order valence-corrected chi connectivity index (χ1v) is 7.55. The van der Waals surface area contributed by atoms with Gasteiger partial charge < -0.3 is 20.5 Å². The molecule has 2 rings (SSSR count). The van der Waals surface area contributed by atoms with Crippen LogP contribution in [0.1, 0.15) is 15.9 Å². The van der Waals surface area contributed by atoms with Crippen LogP contribution in [0.4, 0.5) is 10.1 Å². The van der Waals surface area contributed by atoms with E-state index in [-0.39, 0.29) is 28.7 Å². The zero-order chi connectivity index (χ0) is 18.6. The first-order chi connectivity index (χ1) is 11.8. The van der Waals surface area contributed by atoms with Gasteiger partial charge in [0.25, 0.3) is 11.8 Å². The zero-order valence-corrected chi connectivity index (χ0v) is 14.3. The summed E-state index contributed by atoms with van der Waals surface area (Å²) in [7, 11) is 1.36. The van der Waals surface area contributed by atoms with Crippen LogP contribution in [-0.4, -0.2) is 25.5 Å². The van der Waals surface area contributed by atoms with Gasteiger partial charge in [-0.25, -0.2) is 4.39 Å². The van der Waals surface area contributed by atoms with Crippen molar-refractivity contribution in [3.05, 3.63) is 52.3 Å². The molecule has 3 N–H and O–H groups in total. The molecule has 0 spiro atoms. The highest BCUT2D eigenvalue weighted by molar-refractivity contribution is 6.32. The van der Waals surface area contributed by atoms with Crippen LogP contribution in [-0.2, 0) is 4.79 Å². The van der Waals surface area contributed by atoms with Crippen molar-refractivity contribution in [1.82, 2.24) is 0 Å². The molecule has 0 aliphatic rings. The quantitative estimate of drug-likeness (QED) is 0.822. The molecule has 6 nitrogen and oxygen atoms in total. The minimum atomic E-state index is -0.679. The van der Waals surface area contributed by atoms with Crippen LogP contribution in [0.5, 0.6) is 11.5 Å². The number of nitrogens with two attached hydrogens (primary N) is 1. The van der Waals surface area contributed by atoms with Crippen LogP contribution < -0.4 is 20.5 Å². The van der Waals surface area contributed by atoms with Gasteiger partial charge in [0, 0.05) is 11.3 Å². The van der Waals surface area contributed by atoms with Gasteiger partial charge in [-0.15, -0.1) is 0 Å². The van der Waals surface area contributed by atoms with E-state index in [1.165, 1.54) is 25.3 Å². The molecule has 0 radical (unpaired) electrons. The van der Waals surface area contributed by atoms with Gasteiger partial charge in [0.15, 0.2) is 18.1 Å². The predicted molar refractivity (Wildman–Crippen MR) is 91.8 cm³/mol. The van der Waals surface area contributed by atoms with Gasteiger partial charge in [-0.1, -0.05) is 17.7 Å². The third-order valence-corrected chi connectivity index (χ3v) is 3.56. The van der Waals surface area contributed by atoms with Crippen LogP contribution >= 0.6 is 11.6 Å². The van der Waals surface area contributed by atoms with Gasteiger partial charge in [0.2, 0.25) is 0 Å². The first kappa shape index (κ1) is 18.5. The molecule has 8 heteroatoms. The standard InChI is InChI=1S/C17H16ClFN2O4/c1-9-3-4-11(7-13(9)19)21-17(23)10-5-12(18)16(14(6-10)24-2)25-8-15(20)22/h3-7H,8H2,1-2H3,(H2,20,22)(H,21,23). The molecule has 0 saturated carbocycles. The highest BCUT2D eigenvalue weighted by atomic mass is 35.5. The van der Waals surface area contributed by atoms with Crippen LogP contribution in [0.2, 0.25) is 5.02 Å². The molecule has 0 unspecified atom stereocenters. The number of ether oxygens (including phenoxy) is 2. The summed E-state index contributed by atoms with van der Waals surface area (Å²) < 4.78 is 23.9. The molecule has 2 aromatic carbocycles. The monoisotopic (exact) mass is 366 g/mol. The fourth-order valence-corrected chi connectivity index (χ4v) is 2.27. The average Bonchev–Trinajstić information content (AvgIpc) is 2.56. The van der Waals surface area contributed by atoms with E-state index in [1.807, 2.05) is 0 Å². The summed E-state index contributed by atoms with van der Waals surface area (Å²) in [5.41, 5.74) is 5.98. The maximum Gasteiger partial charge on any atom is 0.255 e. The van der Waals surface area contributed by atoms with E-state index in [4.69, 9.17) is 26.8 Å². The molecule has 2 aromatic rings. The van der Waals surface area contributed by atoms with Gasteiger partial charge in [-0.05, 0) is 36.8 Å². The first-order valence-electron chi connectivity index (χ1n) is 7.18. The number of rotatable bonds is 6. The van der Waals surface area contributed by atoms with Crippen molar-refractivity contribution in [2.75, 3.05) is 19.0 Å². The Kier molecular flexibility index (Phi) is 5.82. The van der Waals surface area contributed by atoms with E-state index in [9.17, 15) is 14.0 Å². The summed E-state index contributed by atoms with van der Waals surface area (Å²) in [5, 5.41) is 2.64. The summed E-state index contributed by atoms with van der Waals surface area (Å²) in [4.78, 5) is 23.2. The molecular formula is C17H16ClFN2O4. The predicted octanol–water partition coefficient (Wildman–Crippen LogP) is 2.91. The second-order valence-corrected chi connectivity index (χ2v) is 5.57. The lowest BCUT2D eigenvalue weighted by Gasteiger charge is -2.13. The summed E-state index contributed by atoms with van der Waals surface area (Å²) in [6.07, 6.45) is 0. The Morgan fingerprint density at radius 3 is 2.60 bits per heavy atom. The van der Waals surface area contributed by atoms with Crippen molar-refractivity contribution in [3.8, 4) is 11.5 Å². The number of anilines is 1. The van der Waals surface area contributed by atoms with Gasteiger partial charge in [-0.3, -0.25) is 9.59 Å². The second kappa shape index (κ2) is 7.85. The van der Waals surface area contributed by atoms with E-state index in [2.05, 4.69) is 5.32 Å². The van der Waals surface area contributed by atoms with E-state index < -0.39 is 17.6 Å². The third-order valence-electron chi connectivity index (χ3n) is 3.28. The van der Waals surface area contributed by atoms with Gasteiger partial charge in [0.1, 0.15) is 5.82 Å². The van der Waals surface area contributed by atoms with Crippen molar-refractivity contribution in [1.29, 1.82) is 0 Å².